The lowest BCUT2D eigenvalue weighted by Crippen LogP contribution is -2.55. The van der Waals surface area contributed by atoms with Gasteiger partial charge in [0.1, 0.15) is 11.9 Å². The highest BCUT2D eigenvalue weighted by Crippen LogP contribution is 2.31. The van der Waals surface area contributed by atoms with Gasteiger partial charge in [-0.15, -0.1) is 0 Å². The van der Waals surface area contributed by atoms with Crippen molar-refractivity contribution in [2.45, 2.75) is 25.6 Å². The fourth-order valence-corrected chi connectivity index (χ4v) is 2.14. The van der Waals surface area contributed by atoms with Gasteiger partial charge >= 0.3 is 6.18 Å². The highest BCUT2D eigenvalue weighted by Gasteiger charge is 2.36. The van der Waals surface area contributed by atoms with Gasteiger partial charge in [0.2, 0.25) is 11.9 Å². The quantitative estimate of drug-likeness (QED) is 0.841. The Hall–Kier alpha value is -2.06. The highest BCUT2D eigenvalue weighted by atomic mass is 19.4. The summed E-state index contributed by atoms with van der Waals surface area (Å²) in [5.41, 5.74) is 4.22. The van der Waals surface area contributed by atoms with Crippen LogP contribution in [0.15, 0.2) is 6.07 Å². The molecule has 0 aliphatic carbocycles. The maximum atomic E-state index is 12.7. The Balaban J connectivity index is 2.41. The second-order valence-corrected chi connectivity index (χ2v) is 4.38. The second kappa shape index (κ2) is 5.14. The fraction of sp³-hybridized carbons (Fsp3) is 0.545. The third-order valence-electron chi connectivity index (χ3n) is 3.03. The van der Waals surface area contributed by atoms with Crippen LogP contribution in [-0.4, -0.2) is 35.0 Å². The van der Waals surface area contributed by atoms with Crippen LogP contribution in [0.4, 0.5) is 24.9 Å². The summed E-state index contributed by atoms with van der Waals surface area (Å²) in [6.45, 7) is 2.50. The molecular weight excluding hydrogens is 275 g/mol. The zero-order valence-corrected chi connectivity index (χ0v) is 10.7. The predicted octanol–water partition coefficient (Wildman–Crippen LogP) is 0.792. The molecule has 0 saturated carbocycles. The summed E-state index contributed by atoms with van der Waals surface area (Å²) in [5.74, 6) is -0.674. The van der Waals surface area contributed by atoms with Crippen molar-refractivity contribution in [3.63, 3.8) is 0 Å². The lowest BCUT2D eigenvalue weighted by atomic mass is 10.1. The minimum absolute atomic E-state index is 0.0199. The molecule has 0 spiro atoms. The minimum atomic E-state index is -4.61. The lowest BCUT2D eigenvalue weighted by Gasteiger charge is -2.35. The summed E-state index contributed by atoms with van der Waals surface area (Å²) < 4.78 is 38.2. The molecule has 1 aromatic heterocycles. The van der Waals surface area contributed by atoms with E-state index in [-0.39, 0.29) is 11.7 Å². The Kier molecular flexibility index (Phi) is 3.69. The molecule has 1 aliphatic heterocycles. The standard InChI is InChI=1S/C11H14F3N5O/c1-2-6-9(20)16-3-4-19(6)8-5-7(11(12,13)14)17-10(15)18-8/h5-6H,2-4H2,1H3,(H,16,20)(H2,15,17,18). The Labute approximate surface area is 113 Å². The zero-order valence-electron chi connectivity index (χ0n) is 10.7. The highest BCUT2D eigenvalue weighted by molar-refractivity contribution is 5.86. The molecule has 2 rings (SSSR count). The van der Waals surface area contributed by atoms with E-state index in [4.69, 9.17) is 5.73 Å². The van der Waals surface area contributed by atoms with Crippen LogP contribution < -0.4 is 16.0 Å². The fourth-order valence-electron chi connectivity index (χ4n) is 2.14. The molecule has 0 aromatic carbocycles. The van der Waals surface area contributed by atoms with Crippen LogP contribution in [0.3, 0.4) is 0 Å². The predicted molar refractivity (Wildman–Crippen MR) is 65.9 cm³/mol. The summed E-state index contributed by atoms with van der Waals surface area (Å²) >= 11 is 0. The van der Waals surface area contributed by atoms with Crippen LogP contribution in [0.2, 0.25) is 0 Å². The van der Waals surface area contributed by atoms with Crippen LogP contribution in [0.25, 0.3) is 0 Å². The maximum Gasteiger partial charge on any atom is 0.433 e. The topological polar surface area (TPSA) is 84.1 Å². The first-order chi connectivity index (χ1) is 9.32. The van der Waals surface area contributed by atoms with Gasteiger partial charge in [0.25, 0.3) is 0 Å². The van der Waals surface area contributed by atoms with E-state index in [1.807, 2.05) is 0 Å². The first-order valence-corrected chi connectivity index (χ1v) is 6.09. The zero-order chi connectivity index (χ0) is 14.9. The number of anilines is 2. The van der Waals surface area contributed by atoms with E-state index < -0.39 is 23.9 Å². The van der Waals surface area contributed by atoms with Crippen LogP contribution in [0, 0.1) is 0 Å². The van der Waals surface area contributed by atoms with E-state index >= 15 is 0 Å². The van der Waals surface area contributed by atoms with Crippen LogP contribution in [0.5, 0.6) is 0 Å². The maximum absolute atomic E-state index is 12.7. The Morgan fingerprint density at radius 2 is 2.20 bits per heavy atom. The van der Waals surface area contributed by atoms with E-state index in [1.165, 1.54) is 4.90 Å². The van der Waals surface area contributed by atoms with Crippen molar-refractivity contribution in [1.29, 1.82) is 0 Å². The Morgan fingerprint density at radius 1 is 1.50 bits per heavy atom. The van der Waals surface area contributed by atoms with E-state index in [9.17, 15) is 18.0 Å². The minimum Gasteiger partial charge on any atom is -0.368 e. The molecule has 0 radical (unpaired) electrons. The van der Waals surface area contributed by atoms with Crippen LogP contribution in [0.1, 0.15) is 19.0 Å². The van der Waals surface area contributed by atoms with Gasteiger partial charge in [-0.05, 0) is 6.42 Å². The molecule has 3 N–H and O–H groups in total. The van der Waals surface area contributed by atoms with Crippen LogP contribution in [-0.2, 0) is 11.0 Å². The molecule has 1 saturated heterocycles. The number of amides is 1. The van der Waals surface area contributed by atoms with E-state index in [2.05, 4.69) is 15.3 Å². The molecule has 1 atom stereocenters. The van der Waals surface area contributed by atoms with Crippen molar-refractivity contribution >= 4 is 17.7 Å². The van der Waals surface area contributed by atoms with E-state index in [0.717, 1.165) is 6.07 Å². The number of hydrogen-bond acceptors (Lipinski definition) is 5. The second-order valence-electron chi connectivity index (χ2n) is 4.38. The molecule has 1 unspecified atom stereocenters. The summed E-state index contributed by atoms with van der Waals surface area (Å²) in [4.78, 5) is 20.2. The number of halogens is 3. The number of nitrogen functional groups attached to an aromatic ring is 1. The number of nitrogens with zero attached hydrogens (tertiary/aromatic N) is 3. The third kappa shape index (κ3) is 2.75. The number of alkyl halides is 3. The largest absolute Gasteiger partial charge is 0.433 e. The molecule has 9 heteroatoms. The van der Waals surface area contributed by atoms with Gasteiger partial charge in [0.05, 0.1) is 0 Å². The first-order valence-electron chi connectivity index (χ1n) is 6.09. The molecule has 0 bridgehead atoms. The summed E-state index contributed by atoms with van der Waals surface area (Å²) in [6, 6.07) is 0.261. The van der Waals surface area contributed by atoms with Crippen molar-refractivity contribution in [2.24, 2.45) is 0 Å². The van der Waals surface area contributed by atoms with Gasteiger partial charge in [0, 0.05) is 19.2 Å². The first kappa shape index (κ1) is 14.4. The molecule has 20 heavy (non-hydrogen) atoms. The molecule has 110 valence electrons. The summed E-state index contributed by atoms with van der Waals surface area (Å²) in [6.07, 6.45) is -4.15. The molecule has 2 heterocycles. The van der Waals surface area contributed by atoms with Gasteiger partial charge in [-0.25, -0.2) is 4.98 Å². The normalized spacial score (nSPS) is 19.9. The van der Waals surface area contributed by atoms with Gasteiger partial charge < -0.3 is 16.0 Å². The van der Waals surface area contributed by atoms with Gasteiger partial charge in [-0.1, -0.05) is 6.92 Å². The van der Waals surface area contributed by atoms with Crippen molar-refractivity contribution < 1.29 is 18.0 Å². The van der Waals surface area contributed by atoms with Crippen molar-refractivity contribution in [3.05, 3.63) is 11.8 Å². The van der Waals surface area contributed by atoms with Crippen molar-refractivity contribution in [3.8, 4) is 0 Å². The van der Waals surface area contributed by atoms with Gasteiger partial charge in [-0.2, -0.15) is 18.2 Å². The summed E-state index contributed by atoms with van der Waals surface area (Å²) in [5, 5.41) is 2.66. The number of hydrogen-bond donors (Lipinski definition) is 2. The van der Waals surface area contributed by atoms with E-state index in [1.54, 1.807) is 6.92 Å². The number of nitrogens with two attached hydrogens (primary N) is 1. The molecular formula is C11H14F3N5O. The molecule has 1 amide bonds. The van der Waals surface area contributed by atoms with E-state index in [0.29, 0.717) is 19.5 Å². The smallest absolute Gasteiger partial charge is 0.368 e. The van der Waals surface area contributed by atoms with Crippen LogP contribution >= 0.6 is 0 Å². The number of carbonyl (C=O) groups is 1. The molecule has 1 aromatic rings. The molecule has 1 fully saturated rings. The number of carbonyl (C=O) groups excluding carboxylic acids is 1. The number of nitrogens with one attached hydrogen (secondary N) is 1. The number of aromatic nitrogens is 2. The van der Waals surface area contributed by atoms with Gasteiger partial charge in [-0.3, -0.25) is 4.79 Å². The Morgan fingerprint density at radius 3 is 2.80 bits per heavy atom. The SMILES string of the molecule is CCC1C(=O)NCCN1c1cc(C(F)(F)F)nc(N)n1. The molecule has 6 nitrogen and oxygen atoms in total. The lowest BCUT2D eigenvalue weighted by molar-refractivity contribution is -0.141. The van der Waals surface area contributed by atoms with Crippen molar-refractivity contribution in [2.75, 3.05) is 23.7 Å². The third-order valence-corrected chi connectivity index (χ3v) is 3.03. The number of rotatable bonds is 2. The average molecular weight is 289 g/mol. The van der Waals surface area contributed by atoms with Gasteiger partial charge in [0.15, 0.2) is 5.69 Å². The van der Waals surface area contributed by atoms with Crippen molar-refractivity contribution in [1.82, 2.24) is 15.3 Å². The number of piperazine rings is 1. The Bertz CT molecular complexity index is 519. The average Bonchev–Trinajstić information content (AvgIpc) is 2.36. The monoisotopic (exact) mass is 289 g/mol. The summed E-state index contributed by atoms with van der Waals surface area (Å²) in [7, 11) is 0. The molecule has 1 aliphatic rings.